The maximum Gasteiger partial charge on any atom is 0.267 e. The van der Waals surface area contributed by atoms with Crippen LogP contribution in [-0.4, -0.2) is 29.4 Å². The smallest absolute Gasteiger partial charge is 0.267 e. The summed E-state index contributed by atoms with van der Waals surface area (Å²) in [5.41, 5.74) is 2.12. The van der Waals surface area contributed by atoms with Gasteiger partial charge in [0.2, 0.25) is 0 Å². The second kappa shape index (κ2) is 9.17. The highest BCUT2D eigenvalue weighted by molar-refractivity contribution is 6.33. The van der Waals surface area contributed by atoms with Gasteiger partial charge in [0.1, 0.15) is 11.5 Å². The zero-order valence-corrected chi connectivity index (χ0v) is 18.5. The number of rotatable bonds is 7. The zero-order chi connectivity index (χ0) is 22.7. The van der Waals surface area contributed by atoms with Gasteiger partial charge in [-0.3, -0.25) is 9.59 Å². The van der Waals surface area contributed by atoms with Crippen LogP contribution in [0.4, 0.5) is 4.39 Å². The summed E-state index contributed by atoms with van der Waals surface area (Å²) in [6.07, 6.45) is 2.16. The number of nitrogens with one attached hydrogen (secondary N) is 3. The van der Waals surface area contributed by atoms with E-state index in [0.717, 1.165) is 17.7 Å². The molecule has 1 saturated carbocycles. The molecule has 0 atom stereocenters. The SMILES string of the molecule is CCc1ccc(C(=O)NC2CC(CNC(=O)c3c(F)cccc3Cl)(c3ccccc3)C2)[nH]1. The largest absolute Gasteiger partial charge is 0.354 e. The Morgan fingerprint density at radius 3 is 2.47 bits per heavy atom. The van der Waals surface area contributed by atoms with Crippen molar-refractivity contribution < 1.29 is 14.0 Å². The molecular weight excluding hydrogens is 429 g/mol. The van der Waals surface area contributed by atoms with Crippen LogP contribution < -0.4 is 10.6 Å². The first-order valence-corrected chi connectivity index (χ1v) is 11.1. The maximum absolute atomic E-state index is 14.1. The topological polar surface area (TPSA) is 74.0 Å². The van der Waals surface area contributed by atoms with Crippen molar-refractivity contribution in [1.29, 1.82) is 0 Å². The third kappa shape index (κ3) is 4.41. The molecule has 1 fully saturated rings. The van der Waals surface area contributed by atoms with Crippen molar-refractivity contribution in [3.63, 3.8) is 0 Å². The van der Waals surface area contributed by atoms with Crippen molar-refractivity contribution in [3.8, 4) is 0 Å². The molecule has 1 aromatic heterocycles. The number of carbonyl (C=O) groups is 2. The average molecular weight is 454 g/mol. The molecule has 1 aliphatic carbocycles. The van der Waals surface area contributed by atoms with Gasteiger partial charge < -0.3 is 15.6 Å². The summed E-state index contributed by atoms with van der Waals surface area (Å²) in [4.78, 5) is 28.4. The second-order valence-corrected chi connectivity index (χ2v) is 8.66. The number of aromatic amines is 1. The molecule has 1 aliphatic rings. The summed E-state index contributed by atoms with van der Waals surface area (Å²) in [5, 5.41) is 6.00. The summed E-state index contributed by atoms with van der Waals surface area (Å²) < 4.78 is 14.1. The number of benzene rings is 2. The molecule has 0 bridgehead atoms. The summed E-state index contributed by atoms with van der Waals surface area (Å²) in [5.74, 6) is -1.34. The highest BCUT2D eigenvalue weighted by atomic mass is 35.5. The van der Waals surface area contributed by atoms with Crippen LogP contribution in [0.2, 0.25) is 5.02 Å². The fraction of sp³-hybridized carbons (Fsp3) is 0.280. The molecule has 3 aromatic rings. The van der Waals surface area contributed by atoms with E-state index in [2.05, 4.69) is 15.6 Å². The van der Waals surface area contributed by atoms with E-state index in [4.69, 9.17) is 11.6 Å². The molecule has 0 unspecified atom stereocenters. The van der Waals surface area contributed by atoms with Gasteiger partial charge in [0.15, 0.2) is 0 Å². The Morgan fingerprint density at radius 2 is 1.81 bits per heavy atom. The molecular formula is C25H25ClFN3O2. The Bertz CT molecular complexity index is 1100. The molecule has 0 spiro atoms. The number of aromatic nitrogens is 1. The van der Waals surface area contributed by atoms with Gasteiger partial charge in [-0.15, -0.1) is 0 Å². The standard InChI is InChI=1S/C25H25ClFN3O2/c1-2-17-11-12-21(29-17)23(31)30-18-13-25(14-18,16-7-4-3-5-8-16)15-28-24(32)22-19(26)9-6-10-20(22)27/h3-12,18,29H,2,13-15H2,1H3,(H,28,32)(H,30,31). The van der Waals surface area contributed by atoms with Crippen LogP contribution in [-0.2, 0) is 11.8 Å². The molecule has 0 aliphatic heterocycles. The first kappa shape index (κ1) is 22.1. The van der Waals surface area contributed by atoms with E-state index >= 15 is 0 Å². The predicted molar refractivity (Wildman–Crippen MR) is 123 cm³/mol. The number of hydrogen-bond acceptors (Lipinski definition) is 2. The van der Waals surface area contributed by atoms with Crippen LogP contribution in [0, 0.1) is 5.82 Å². The van der Waals surface area contributed by atoms with E-state index in [0.29, 0.717) is 25.1 Å². The molecule has 2 aromatic carbocycles. The first-order valence-electron chi connectivity index (χ1n) is 10.7. The number of carbonyl (C=O) groups excluding carboxylic acids is 2. The van der Waals surface area contributed by atoms with Crippen LogP contribution >= 0.6 is 11.6 Å². The molecule has 3 N–H and O–H groups in total. The Hall–Kier alpha value is -3.12. The van der Waals surface area contributed by atoms with Crippen LogP contribution in [0.5, 0.6) is 0 Å². The van der Waals surface area contributed by atoms with Crippen LogP contribution in [0.15, 0.2) is 60.7 Å². The third-order valence-electron chi connectivity index (χ3n) is 6.14. The van der Waals surface area contributed by atoms with E-state index in [1.54, 1.807) is 6.07 Å². The van der Waals surface area contributed by atoms with Crippen molar-refractivity contribution in [2.45, 2.75) is 37.6 Å². The van der Waals surface area contributed by atoms with E-state index in [1.165, 1.54) is 18.2 Å². The Balaban J connectivity index is 1.45. The third-order valence-corrected chi connectivity index (χ3v) is 6.46. The van der Waals surface area contributed by atoms with Crippen molar-refractivity contribution in [2.24, 2.45) is 0 Å². The minimum atomic E-state index is -0.653. The molecule has 2 amide bonds. The molecule has 32 heavy (non-hydrogen) atoms. The van der Waals surface area contributed by atoms with Crippen LogP contribution in [0.3, 0.4) is 0 Å². The lowest BCUT2D eigenvalue weighted by atomic mass is 9.61. The van der Waals surface area contributed by atoms with Gasteiger partial charge in [0, 0.05) is 23.7 Å². The molecule has 1 heterocycles. The van der Waals surface area contributed by atoms with Crippen LogP contribution in [0.1, 0.15) is 51.9 Å². The fourth-order valence-electron chi connectivity index (χ4n) is 4.35. The van der Waals surface area contributed by atoms with Crippen molar-refractivity contribution in [3.05, 3.63) is 94.0 Å². The highest BCUT2D eigenvalue weighted by Crippen LogP contribution is 2.43. The predicted octanol–water partition coefficient (Wildman–Crippen LogP) is 4.63. The average Bonchev–Trinajstić information content (AvgIpc) is 3.25. The van der Waals surface area contributed by atoms with E-state index in [9.17, 15) is 14.0 Å². The minimum Gasteiger partial charge on any atom is -0.354 e. The lowest BCUT2D eigenvalue weighted by Gasteiger charge is -2.48. The molecule has 5 nitrogen and oxygen atoms in total. The fourth-order valence-corrected chi connectivity index (χ4v) is 4.60. The molecule has 0 radical (unpaired) electrons. The van der Waals surface area contributed by atoms with Gasteiger partial charge in [0.25, 0.3) is 11.8 Å². The number of amides is 2. The van der Waals surface area contributed by atoms with Gasteiger partial charge >= 0.3 is 0 Å². The summed E-state index contributed by atoms with van der Waals surface area (Å²) in [6, 6.07) is 17.7. The number of aryl methyl sites for hydroxylation is 1. The first-order chi connectivity index (χ1) is 15.4. The van der Waals surface area contributed by atoms with E-state index < -0.39 is 11.7 Å². The van der Waals surface area contributed by atoms with Gasteiger partial charge in [-0.05, 0) is 49.1 Å². The quantitative estimate of drug-likeness (QED) is 0.488. The monoisotopic (exact) mass is 453 g/mol. The van der Waals surface area contributed by atoms with Gasteiger partial charge in [-0.2, -0.15) is 0 Å². The van der Waals surface area contributed by atoms with E-state index in [1.807, 2.05) is 43.3 Å². The Labute approximate surface area is 191 Å². The van der Waals surface area contributed by atoms with Gasteiger partial charge in [-0.1, -0.05) is 54.9 Å². The normalized spacial score (nSPS) is 19.8. The Kier molecular flexibility index (Phi) is 6.33. The van der Waals surface area contributed by atoms with Crippen molar-refractivity contribution in [1.82, 2.24) is 15.6 Å². The molecule has 0 saturated heterocycles. The second-order valence-electron chi connectivity index (χ2n) is 8.26. The summed E-state index contributed by atoms with van der Waals surface area (Å²) in [7, 11) is 0. The van der Waals surface area contributed by atoms with Gasteiger partial charge in [-0.25, -0.2) is 4.39 Å². The van der Waals surface area contributed by atoms with E-state index in [-0.39, 0.29) is 28.0 Å². The molecule has 4 rings (SSSR count). The minimum absolute atomic E-state index is 0.0231. The summed E-state index contributed by atoms with van der Waals surface area (Å²) >= 11 is 6.04. The summed E-state index contributed by atoms with van der Waals surface area (Å²) in [6.45, 7) is 2.34. The Morgan fingerprint density at radius 1 is 1.06 bits per heavy atom. The number of H-pyrrole nitrogens is 1. The lowest BCUT2D eigenvalue weighted by molar-refractivity contribution is 0.0819. The molecule has 166 valence electrons. The van der Waals surface area contributed by atoms with Gasteiger partial charge in [0.05, 0.1) is 10.6 Å². The number of halogens is 2. The van der Waals surface area contributed by atoms with Crippen molar-refractivity contribution >= 4 is 23.4 Å². The highest BCUT2D eigenvalue weighted by Gasteiger charge is 2.46. The van der Waals surface area contributed by atoms with Crippen molar-refractivity contribution in [2.75, 3.05) is 6.54 Å². The molecule has 7 heteroatoms. The number of hydrogen-bond donors (Lipinski definition) is 3. The lowest BCUT2D eigenvalue weighted by Crippen LogP contribution is -2.57. The zero-order valence-electron chi connectivity index (χ0n) is 17.8. The van der Waals surface area contributed by atoms with Crippen LogP contribution in [0.25, 0.3) is 0 Å². The maximum atomic E-state index is 14.1.